The molecule has 0 radical (unpaired) electrons. The van der Waals surface area contributed by atoms with Crippen molar-refractivity contribution >= 4 is 38.9 Å². The molecule has 11 aromatic rings. The minimum atomic E-state index is -0.731. The molecule has 64 heavy (non-hydrogen) atoms. The molecule has 1 aromatic heterocycles. The van der Waals surface area contributed by atoms with Crippen LogP contribution in [0, 0.1) is 0 Å². The van der Waals surface area contributed by atoms with E-state index in [4.69, 9.17) is 4.74 Å². The van der Waals surface area contributed by atoms with Gasteiger partial charge in [0.2, 0.25) is 0 Å². The van der Waals surface area contributed by atoms with Crippen molar-refractivity contribution in [1.29, 1.82) is 0 Å². The van der Waals surface area contributed by atoms with Crippen molar-refractivity contribution in [3.8, 4) is 50.6 Å². The Balaban J connectivity index is 1.10. The van der Waals surface area contributed by atoms with Crippen molar-refractivity contribution in [3.63, 3.8) is 0 Å². The van der Waals surface area contributed by atoms with E-state index < -0.39 is 5.41 Å². The lowest BCUT2D eigenvalue weighted by Gasteiger charge is -2.49. The van der Waals surface area contributed by atoms with Crippen molar-refractivity contribution < 1.29 is 4.74 Å². The summed E-state index contributed by atoms with van der Waals surface area (Å²) in [5.74, 6) is 1.73. The molecule has 2 aliphatic rings. The molecular formula is C61H40N2O. The van der Waals surface area contributed by atoms with Crippen LogP contribution in [-0.2, 0) is 5.41 Å². The van der Waals surface area contributed by atoms with Crippen LogP contribution >= 0.6 is 0 Å². The highest BCUT2D eigenvalue weighted by Crippen LogP contribution is 2.63. The first-order valence-corrected chi connectivity index (χ1v) is 22.0. The zero-order valence-electron chi connectivity index (χ0n) is 34.9. The van der Waals surface area contributed by atoms with E-state index in [1.807, 2.05) is 0 Å². The molecule has 2 aliphatic heterocycles. The Morgan fingerprint density at radius 3 is 1.39 bits per heavy atom. The molecule has 10 aromatic carbocycles. The van der Waals surface area contributed by atoms with Crippen LogP contribution in [0.3, 0.4) is 0 Å². The fourth-order valence-corrected chi connectivity index (χ4v) is 10.6. The first-order chi connectivity index (χ1) is 31.7. The number of para-hydroxylation sites is 4. The summed E-state index contributed by atoms with van der Waals surface area (Å²) < 4.78 is 9.23. The van der Waals surface area contributed by atoms with Gasteiger partial charge in [0.15, 0.2) is 0 Å². The largest absolute Gasteiger partial charge is 0.457 e. The second kappa shape index (κ2) is 14.3. The first kappa shape index (κ1) is 36.3. The molecule has 0 amide bonds. The molecule has 0 unspecified atom stereocenters. The van der Waals surface area contributed by atoms with Gasteiger partial charge in [0, 0.05) is 33.3 Å². The molecule has 3 nitrogen and oxygen atoms in total. The van der Waals surface area contributed by atoms with Crippen molar-refractivity contribution in [1.82, 2.24) is 4.57 Å². The lowest BCUT2D eigenvalue weighted by atomic mass is 9.60. The maximum Gasteiger partial charge on any atom is 0.132 e. The van der Waals surface area contributed by atoms with Gasteiger partial charge in [-0.25, -0.2) is 0 Å². The molecule has 1 spiro atoms. The number of ether oxygens (including phenoxy) is 1. The Hall–Kier alpha value is -8.40. The third-order valence-corrected chi connectivity index (χ3v) is 13.4. The third kappa shape index (κ3) is 5.41. The van der Waals surface area contributed by atoms with E-state index in [0.29, 0.717) is 0 Å². The molecule has 0 saturated carbocycles. The summed E-state index contributed by atoms with van der Waals surface area (Å²) in [7, 11) is 0. The van der Waals surface area contributed by atoms with Crippen molar-refractivity contribution in [2.24, 2.45) is 0 Å². The lowest BCUT2D eigenvalue weighted by molar-refractivity contribution is 0.434. The smallest absolute Gasteiger partial charge is 0.132 e. The van der Waals surface area contributed by atoms with Crippen molar-refractivity contribution in [3.05, 3.63) is 265 Å². The van der Waals surface area contributed by atoms with Crippen LogP contribution in [-0.4, -0.2) is 4.57 Å². The summed E-state index contributed by atoms with van der Waals surface area (Å²) in [5.41, 5.74) is 17.9. The Morgan fingerprint density at radius 1 is 0.297 bits per heavy atom. The number of aromatic nitrogens is 1. The molecule has 0 saturated heterocycles. The van der Waals surface area contributed by atoms with E-state index >= 15 is 0 Å². The number of hydrogen-bond acceptors (Lipinski definition) is 2. The Bertz CT molecular complexity index is 3530. The van der Waals surface area contributed by atoms with Gasteiger partial charge in [-0.05, 0) is 123 Å². The second-order valence-corrected chi connectivity index (χ2v) is 16.8. The summed E-state index contributed by atoms with van der Waals surface area (Å²) in [6.45, 7) is 0. The van der Waals surface area contributed by atoms with Crippen LogP contribution in [0.15, 0.2) is 243 Å². The first-order valence-electron chi connectivity index (χ1n) is 22.0. The maximum absolute atomic E-state index is 6.84. The zero-order chi connectivity index (χ0) is 42.2. The summed E-state index contributed by atoms with van der Waals surface area (Å²) >= 11 is 0. The number of anilines is 3. The number of hydrogen-bond donors (Lipinski definition) is 0. The second-order valence-electron chi connectivity index (χ2n) is 16.8. The fourth-order valence-electron chi connectivity index (χ4n) is 10.6. The van der Waals surface area contributed by atoms with Crippen LogP contribution in [0.25, 0.3) is 60.9 Å². The van der Waals surface area contributed by atoms with E-state index in [9.17, 15) is 0 Å². The number of benzene rings is 10. The van der Waals surface area contributed by atoms with Gasteiger partial charge < -0.3 is 14.2 Å². The van der Waals surface area contributed by atoms with E-state index in [1.54, 1.807) is 0 Å². The topological polar surface area (TPSA) is 17.4 Å². The Morgan fingerprint density at radius 2 is 0.750 bits per heavy atom. The van der Waals surface area contributed by atoms with Gasteiger partial charge in [0.1, 0.15) is 11.5 Å². The minimum absolute atomic E-state index is 0.731. The number of fused-ring (bicyclic) bond motifs is 11. The number of rotatable bonds is 5. The highest BCUT2D eigenvalue weighted by molar-refractivity contribution is 6.10. The van der Waals surface area contributed by atoms with Crippen LogP contribution < -0.4 is 9.64 Å². The Labute approximate surface area is 372 Å². The quantitative estimate of drug-likeness (QED) is 0.172. The molecule has 300 valence electrons. The minimum Gasteiger partial charge on any atom is -0.457 e. The van der Waals surface area contributed by atoms with Crippen LogP contribution in [0.2, 0.25) is 0 Å². The summed E-state index contributed by atoms with van der Waals surface area (Å²) in [6.07, 6.45) is 0. The normalized spacial score (nSPS) is 13.2. The van der Waals surface area contributed by atoms with Gasteiger partial charge in [-0.1, -0.05) is 164 Å². The standard InChI is InChI=1S/C61H40N2O/c1-4-16-41(17-5-1)43-28-33-48(34-29-43)63-57-36-31-45(42-18-6-2-7-19-42)39-53(57)61(51-23-11-14-26-59(51)64-60-27-15-12-24-52(60)61)54-40-46(32-37-58(54)63)44-30-35-56-50(38-44)49-22-10-13-25-55(49)62(56)47-20-8-3-9-21-47/h1-40H. The van der Waals surface area contributed by atoms with Gasteiger partial charge >= 0.3 is 0 Å². The van der Waals surface area contributed by atoms with Gasteiger partial charge in [-0.15, -0.1) is 0 Å². The molecule has 3 heterocycles. The molecule has 0 bridgehead atoms. The fraction of sp³-hybridized carbons (Fsp3) is 0.0164. The molecule has 0 atom stereocenters. The zero-order valence-corrected chi connectivity index (χ0v) is 34.9. The predicted molar refractivity (Wildman–Crippen MR) is 264 cm³/mol. The predicted octanol–water partition coefficient (Wildman–Crippen LogP) is 16.1. The van der Waals surface area contributed by atoms with E-state index in [2.05, 4.69) is 252 Å². The van der Waals surface area contributed by atoms with Crippen LogP contribution in [0.5, 0.6) is 11.5 Å². The van der Waals surface area contributed by atoms with Gasteiger partial charge in [0.05, 0.1) is 27.8 Å². The number of nitrogens with zero attached hydrogens (tertiary/aromatic N) is 2. The van der Waals surface area contributed by atoms with Gasteiger partial charge in [-0.2, -0.15) is 0 Å². The van der Waals surface area contributed by atoms with E-state index in [0.717, 1.165) is 56.5 Å². The average molecular weight is 817 g/mol. The summed E-state index contributed by atoms with van der Waals surface area (Å²) in [5, 5.41) is 2.46. The molecule has 0 N–H and O–H groups in total. The molecule has 0 aliphatic carbocycles. The van der Waals surface area contributed by atoms with Gasteiger partial charge in [0.25, 0.3) is 0 Å². The average Bonchev–Trinajstić information content (AvgIpc) is 3.71. The maximum atomic E-state index is 6.84. The molecular weight excluding hydrogens is 777 g/mol. The molecule has 3 heteroatoms. The van der Waals surface area contributed by atoms with E-state index in [-0.39, 0.29) is 0 Å². The monoisotopic (exact) mass is 816 g/mol. The lowest BCUT2D eigenvalue weighted by Crippen LogP contribution is -2.39. The van der Waals surface area contributed by atoms with E-state index in [1.165, 1.54) is 55.2 Å². The third-order valence-electron chi connectivity index (χ3n) is 13.4. The highest BCUT2D eigenvalue weighted by atomic mass is 16.5. The van der Waals surface area contributed by atoms with Crippen LogP contribution in [0.4, 0.5) is 17.1 Å². The molecule has 0 fully saturated rings. The Kier molecular flexibility index (Phi) is 8.13. The summed E-state index contributed by atoms with van der Waals surface area (Å²) in [6, 6.07) is 88.3. The van der Waals surface area contributed by atoms with Crippen molar-refractivity contribution in [2.75, 3.05) is 4.90 Å². The SMILES string of the molecule is c1ccc(-c2ccc(N3c4ccc(-c5ccccc5)cc4C4(c5ccccc5Oc5ccccc54)c4cc(-c5ccc6c(c5)c5ccccc5n6-c5ccccc5)ccc43)cc2)cc1. The summed E-state index contributed by atoms with van der Waals surface area (Å²) in [4.78, 5) is 2.47. The highest BCUT2D eigenvalue weighted by Gasteiger charge is 2.51. The van der Waals surface area contributed by atoms with Gasteiger partial charge in [-0.3, -0.25) is 0 Å². The molecule has 13 rings (SSSR count). The van der Waals surface area contributed by atoms with Crippen LogP contribution in [0.1, 0.15) is 22.3 Å². The van der Waals surface area contributed by atoms with Crippen molar-refractivity contribution in [2.45, 2.75) is 5.41 Å².